The van der Waals surface area contributed by atoms with Gasteiger partial charge in [0.15, 0.2) is 0 Å². The molecule has 0 saturated heterocycles. The quantitative estimate of drug-likeness (QED) is 0.786. The highest BCUT2D eigenvalue weighted by Crippen LogP contribution is 2.43. The van der Waals surface area contributed by atoms with E-state index in [4.69, 9.17) is 0 Å². The standard InChI is InChI=1S/C12H11N3O2/c16-6-13-9-1-2-10-7(4-9)3-8-5-11(17)14-15-12(8)10/h1-2,4,6,8,12H,3,5H2,(H,13,16). The van der Waals surface area contributed by atoms with Crippen molar-refractivity contribution >= 4 is 18.0 Å². The SMILES string of the molecule is O=CNc1ccc2c(c1)CC1CC(=O)N=NC21. The first-order chi connectivity index (χ1) is 8.28. The first-order valence-corrected chi connectivity index (χ1v) is 5.54. The zero-order chi connectivity index (χ0) is 11.8. The summed E-state index contributed by atoms with van der Waals surface area (Å²) >= 11 is 0. The molecule has 1 aliphatic carbocycles. The molecule has 2 aliphatic rings. The van der Waals surface area contributed by atoms with Gasteiger partial charge in [0.05, 0.1) is 0 Å². The number of nitrogens with one attached hydrogen (secondary N) is 1. The molecule has 3 rings (SSSR count). The van der Waals surface area contributed by atoms with E-state index in [1.807, 2.05) is 18.2 Å². The first-order valence-electron chi connectivity index (χ1n) is 5.54. The topological polar surface area (TPSA) is 70.9 Å². The number of fused-ring (bicyclic) bond motifs is 3. The summed E-state index contributed by atoms with van der Waals surface area (Å²) in [5.41, 5.74) is 3.06. The molecule has 2 amide bonds. The maximum atomic E-state index is 11.2. The Morgan fingerprint density at radius 1 is 1.35 bits per heavy atom. The summed E-state index contributed by atoms with van der Waals surface area (Å²) in [6.45, 7) is 0. The Morgan fingerprint density at radius 3 is 3.06 bits per heavy atom. The molecule has 5 heteroatoms. The summed E-state index contributed by atoms with van der Waals surface area (Å²) in [7, 11) is 0. The number of carbonyl (C=O) groups is 2. The fourth-order valence-corrected chi connectivity index (χ4v) is 2.61. The summed E-state index contributed by atoms with van der Waals surface area (Å²) in [5.74, 6) is 0.103. The summed E-state index contributed by atoms with van der Waals surface area (Å²) in [6, 6.07) is 5.78. The van der Waals surface area contributed by atoms with Gasteiger partial charge in [-0.2, -0.15) is 5.11 Å². The molecule has 2 atom stereocenters. The van der Waals surface area contributed by atoms with Crippen LogP contribution in [0.3, 0.4) is 0 Å². The lowest BCUT2D eigenvalue weighted by molar-refractivity contribution is -0.120. The minimum Gasteiger partial charge on any atom is -0.329 e. The molecule has 1 aromatic carbocycles. The third-order valence-electron chi connectivity index (χ3n) is 3.35. The van der Waals surface area contributed by atoms with Crippen LogP contribution in [0.15, 0.2) is 28.4 Å². The first kappa shape index (κ1) is 10.1. The molecule has 1 N–H and O–H groups in total. The number of rotatable bonds is 2. The number of amides is 2. The summed E-state index contributed by atoms with van der Waals surface area (Å²) in [6.07, 6.45) is 1.96. The van der Waals surface area contributed by atoms with Crippen LogP contribution in [-0.4, -0.2) is 12.3 Å². The lowest BCUT2D eigenvalue weighted by atomic mass is 9.96. The second-order valence-corrected chi connectivity index (χ2v) is 4.40. The van der Waals surface area contributed by atoms with Gasteiger partial charge in [-0.05, 0) is 29.7 Å². The molecule has 0 spiro atoms. The van der Waals surface area contributed by atoms with Crippen LogP contribution in [-0.2, 0) is 16.0 Å². The average Bonchev–Trinajstić information content (AvgIpc) is 2.65. The van der Waals surface area contributed by atoms with Gasteiger partial charge < -0.3 is 5.32 Å². The van der Waals surface area contributed by atoms with Crippen molar-refractivity contribution in [1.82, 2.24) is 0 Å². The van der Waals surface area contributed by atoms with Gasteiger partial charge in [-0.15, -0.1) is 5.11 Å². The lowest BCUT2D eigenvalue weighted by Gasteiger charge is -2.16. The van der Waals surface area contributed by atoms with Crippen LogP contribution in [0.4, 0.5) is 5.69 Å². The molecule has 0 saturated carbocycles. The van der Waals surface area contributed by atoms with Crippen molar-refractivity contribution < 1.29 is 9.59 Å². The van der Waals surface area contributed by atoms with Crippen molar-refractivity contribution in [3.63, 3.8) is 0 Å². The van der Waals surface area contributed by atoms with Crippen LogP contribution >= 0.6 is 0 Å². The Morgan fingerprint density at radius 2 is 2.24 bits per heavy atom. The van der Waals surface area contributed by atoms with Gasteiger partial charge in [0.2, 0.25) is 6.41 Å². The Labute approximate surface area is 97.9 Å². The van der Waals surface area contributed by atoms with Gasteiger partial charge in [0.25, 0.3) is 5.91 Å². The van der Waals surface area contributed by atoms with E-state index in [1.54, 1.807) is 0 Å². The summed E-state index contributed by atoms with van der Waals surface area (Å²) in [4.78, 5) is 21.6. The number of hydrogen-bond donors (Lipinski definition) is 1. The van der Waals surface area contributed by atoms with Crippen molar-refractivity contribution in [3.8, 4) is 0 Å². The van der Waals surface area contributed by atoms with Crippen molar-refractivity contribution in [2.45, 2.75) is 18.9 Å². The summed E-state index contributed by atoms with van der Waals surface area (Å²) in [5, 5.41) is 10.3. The predicted molar refractivity (Wildman–Crippen MR) is 60.5 cm³/mol. The van der Waals surface area contributed by atoms with Crippen LogP contribution in [0.1, 0.15) is 23.6 Å². The van der Waals surface area contributed by atoms with E-state index >= 15 is 0 Å². The highest BCUT2D eigenvalue weighted by Gasteiger charge is 2.36. The van der Waals surface area contributed by atoms with E-state index in [9.17, 15) is 9.59 Å². The molecular weight excluding hydrogens is 218 g/mol. The van der Waals surface area contributed by atoms with Crippen LogP contribution in [0.25, 0.3) is 0 Å². The van der Waals surface area contributed by atoms with Crippen molar-refractivity contribution in [2.24, 2.45) is 16.1 Å². The minimum absolute atomic E-state index is 0.0213. The van der Waals surface area contributed by atoms with Crippen LogP contribution in [0, 0.1) is 5.92 Å². The molecule has 0 aromatic heterocycles. The second-order valence-electron chi connectivity index (χ2n) is 4.40. The second kappa shape index (κ2) is 3.76. The normalized spacial score (nSPS) is 25.3. The number of nitrogens with zero attached hydrogens (tertiary/aromatic N) is 2. The molecule has 1 heterocycles. The minimum atomic E-state index is -0.134. The third kappa shape index (κ3) is 1.63. The van der Waals surface area contributed by atoms with E-state index in [1.165, 1.54) is 0 Å². The van der Waals surface area contributed by atoms with Crippen LogP contribution in [0.5, 0.6) is 0 Å². The van der Waals surface area contributed by atoms with E-state index in [0.29, 0.717) is 12.8 Å². The molecule has 5 nitrogen and oxygen atoms in total. The Bertz CT molecular complexity index is 524. The highest BCUT2D eigenvalue weighted by molar-refractivity contribution is 5.78. The Hall–Kier alpha value is -2.04. The molecule has 1 aromatic rings. The zero-order valence-corrected chi connectivity index (χ0v) is 9.09. The van der Waals surface area contributed by atoms with Crippen molar-refractivity contribution in [3.05, 3.63) is 29.3 Å². The molecule has 0 fully saturated rings. The van der Waals surface area contributed by atoms with Crippen molar-refractivity contribution in [2.75, 3.05) is 5.32 Å². The maximum absolute atomic E-state index is 11.2. The summed E-state index contributed by atoms with van der Waals surface area (Å²) < 4.78 is 0. The van der Waals surface area contributed by atoms with Gasteiger partial charge >= 0.3 is 0 Å². The number of anilines is 1. The van der Waals surface area contributed by atoms with E-state index in [0.717, 1.165) is 23.2 Å². The lowest BCUT2D eigenvalue weighted by Crippen LogP contribution is -2.14. The third-order valence-corrected chi connectivity index (χ3v) is 3.35. The molecule has 2 unspecified atom stereocenters. The predicted octanol–water partition coefficient (Wildman–Crippen LogP) is 1.85. The van der Waals surface area contributed by atoms with E-state index in [-0.39, 0.29) is 17.9 Å². The monoisotopic (exact) mass is 229 g/mol. The maximum Gasteiger partial charge on any atom is 0.264 e. The number of carbonyl (C=O) groups excluding carboxylic acids is 2. The van der Waals surface area contributed by atoms with Gasteiger partial charge in [-0.3, -0.25) is 9.59 Å². The zero-order valence-electron chi connectivity index (χ0n) is 9.09. The fourth-order valence-electron chi connectivity index (χ4n) is 2.61. The number of hydrogen-bond acceptors (Lipinski definition) is 3. The molecule has 1 aliphatic heterocycles. The molecular formula is C12H11N3O2. The largest absolute Gasteiger partial charge is 0.329 e. The highest BCUT2D eigenvalue weighted by atomic mass is 16.1. The average molecular weight is 229 g/mol. The number of azo groups is 1. The smallest absolute Gasteiger partial charge is 0.264 e. The van der Waals surface area contributed by atoms with Gasteiger partial charge in [0.1, 0.15) is 6.04 Å². The van der Waals surface area contributed by atoms with E-state index in [2.05, 4.69) is 15.5 Å². The molecule has 0 radical (unpaired) electrons. The van der Waals surface area contributed by atoms with Crippen LogP contribution < -0.4 is 5.32 Å². The van der Waals surface area contributed by atoms with Crippen molar-refractivity contribution in [1.29, 1.82) is 0 Å². The van der Waals surface area contributed by atoms with Gasteiger partial charge in [0, 0.05) is 18.0 Å². The van der Waals surface area contributed by atoms with Gasteiger partial charge in [-0.1, -0.05) is 6.07 Å². The Kier molecular flexibility index (Phi) is 2.24. The molecule has 86 valence electrons. The fraction of sp³-hybridized carbons (Fsp3) is 0.333. The number of benzene rings is 1. The van der Waals surface area contributed by atoms with E-state index < -0.39 is 0 Å². The van der Waals surface area contributed by atoms with Gasteiger partial charge in [-0.25, -0.2) is 0 Å². The Balaban J connectivity index is 1.96. The molecule has 0 bridgehead atoms. The molecule has 17 heavy (non-hydrogen) atoms. The van der Waals surface area contributed by atoms with Crippen LogP contribution in [0.2, 0.25) is 0 Å².